The normalized spacial score (nSPS) is 20.6. The van der Waals surface area contributed by atoms with Crippen molar-refractivity contribution in [3.8, 4) is 0 Å². The number of thioether (sulfide) groups is 1. The van der Waals surface area contributed by atoms with Crippen LogP contribution in [0.25, 0.3) is 0 Å². The van der Waals surface area contributed by atoms with Crippen LogP contribution in [0.2, 0.25) is 0 Å². The lowest BCUT2D eigenvalue weighted by atomic mass is 10.1. The summed E-state index contributed by atoms with van der Waals surface area (Å²) in [4.78, 5) is 12.9. The third-order valence-electron chi connectivity index (χ3n) is 3.22. The van der Waals surface area contributed by atoms with E-state index in [1.54, 1.807) is 11.8 Å². The van der Waals surface area contributed by atoms with E-state index >= 15 is 0 Å². The highest BCUT2D eigenvalue weighted by atomic mass is 32.2. The van der Waals surface area contributed by atoms with E-state index in [9.17, 15) is 18.0 Å². The second-order valence-electron chi connectivity index (χ2n) is 4.73. The van der Waals surface area contributed by atoms with Gasteiger partial charge in [0.15, 0.2) is 0 Å². The highest BCUT2D eigenvalue weighted by molar-refractivity contribution is 7.99. The molecule has 1 aliphatic heterocycles. The molecule has 0 bridgehead atoms. The van der Waals surface area contributed by atoms with Crippen LogP contribution in [0.1, 0.15) is 23.7 Å². The fourth-order valence-electron chi connectivity index (χ4n) is 2.24. The van der Waals surface area contributed by atoms with E-state index in [0.29, 0.717) is 25.3 Å². The van der Waals surface area contributed by atoms with Crippen molar-refractivity contribution in [2.24, 2.45) is 0 Å². The van der Waals surface area contributed by atoms with E-state index in [1.165, 1.54) is 10.5 Å². The molecule has 0 N–H and O–H groups in total. The fourth-order valence-corrected chi connectivity index (χ4v) is 3.47. The Hall–Kier alpha value is -1.17. The standard InChI is InChI=1S/C14H16F3NOS/c15-14(16,17)10-13(19)18-7-6-12(20-9-8-18)11-4-2-1-3-5-11/h1-5,12H,6-10H2/t12-/m0/s1. The number of amides is 1. The summed E-state index contributed by atoms with van der Waals surface area (Å²) in [6.07, 6.45) is -5.08. The minimum Gasteiger partial charge on any atom is -0.342 e. The van der Waals surface area contributed by atoms with Crippen molar-refractivity contribution in [2.45, 2.75) is 24.3 Å². The molecule has 1 fully saturated rings. The molecule has 1 amide bonds. The molecule has 1 aromatic rings. The first-order chi connectivity index (χ1) is 9.46. The summed E-state index contributed by atoms with van der Waals surface area (Å²) in [6, 6.07) is 9.88. The maximum Gasteiger partial charge on any atom is 0.397 e. The third kappa shape index (κ3) is 4.44. The predicted octanol–water partition coefficient (Wildman–Crippen LogP) is 3.65. The molecule has 0 saturated carbocycles. The summed E-state index contributed by atoms with van der Waals surface area (Å²) >= 11 is 1.70. The molecule has 2 nitrogen and oxygen atoms in total. The molecule has 1 aliphatic rings. The molecule has 1 aromatic carbocycles. The van der Waals surface area contributed by atoms with Crippen LogP contribution in [0.15, 0.2) is 30.3 Å². The molecule has 6 heteroatoms. The monoisotopic (exact) mass is 303 g/mol. The van der Waals surface area contributed by atoms with Gasteiger partial charge in [-0.25, -0.2) is 0 Å². The molecule has 110 valence electrons. The molecule has 0 unspecified atom stereocenters. The minimum atomic E-state index is -4.42. The molecule has 2 rings (SSSR count). The summed E-state index contributed by atoms with van der Waals surface area (Å²) in [5.41, 5.74) is 1.17. The quantitative estimate of drug-likeness (QED) is 0.831. The Morgan fingerprint density at radius 2 is 1.95 bits per heavy atom. The van der Waals surface area contributed by atoms with E-state index in [1.807, 2.05) is 30.3 Å². The number of carbonyl (C=O) groups excluding carboxylic acids is 1. The molecular formula is C14H16F3NOS. The average Bonchev–Trinajstić information content (AvgIpc) is 2.63. The molecule has 0 radical (unpaired) electrons. The number of rotatable bonds is 2. The van der Waals surface area contributed by atoms with Gasteiger partial charge < -0.3 is 4.90 Å². The molecule has 20 heavy (non-hydrogen) atoms. The van der Waals surface area contributed by atoms with Crippen LogP contribution in [0.3, 0.4) is 0 Å². The molecule has 1 saturated heterocycles. The van der Waals surface area contributed by atoms with E-state index in [-0.39, 0.29) is 5.25 Å². The van der Waals surface area contributed by atoms with Crippen LogP contribution in [0.4, 0.5) is 13.2 Å². The van der Waals surface area contributed by atoms with Gasteiger partial charge in [0.2, 0.25) is 5.91 Å². The number of hydrogen-bond acceptors (Lipinski definition) is 2. The van der Waals surface area contributed by atoms with Crippen molar-refractivity contribution in [3.63, 3.8) is 0 Å². The van der Waals surface area contributed by atoms with E-state index in [0.717, 1.165) is 0 Å². The van der Waals surface area contributed by atoms with Crippen LogP contribution in [0.5, 0.6) is 0 Å². The second-order valence-corrected chi connectivity index (χ2v) is 6.04. The summed E-state index contributed by atoms with van der Waals surface area (Å²) in [6.45, 7) is 0.782. The van der Waals surface area contributed by atoms with Crippen molar-refractivity contribution in [1.82, 2.24) is 4.90 Å². The van der Waals surface area contributed by atoms with Crippen molar-refractivity contribution < 1.29 is 18.0 Å². The van der Waals surface area contributed by atoms with Crippen LogP contribution in [-0.4, -0.2) is 35.8 Å². The maximum atomic E-state index is 12.3. The highest BCUT2D eigenvalue weighted by Crippen LogP contribution is 2.34. The number of hydrogen-bond donors (Lipinski definition) is 0. The smallest absolute Gasteiger partial charge is 0.342 e. The third-order valence-corrected chi connectivity index (χ3v) is 4.55. The Bertz CT molecular complexity index is 449. The van der Waals surface area contributed by atoms with E-state index in [2.05, 4.69) is 0 Å². The largest absolute Gasteiger partial charge is 0.397 e. The Morgan fingerprint density at radius 3 is 2.60 bits per heavy atom. The van der Waals surface area contributed by atoms with Gasteiger partial charge in [-0.2, -0.15) is 24.9 Å². The van der Waals surface area contributed by atoms with Gasteiger partial charge in [0, 0.05) is 24.1 Å². The number of nitrogens with zero attached hydrogens (tertiary/aromatic N) is 1. The van der Waals surface area contributed by atoms with Crippen molar-refractivity contribution in [3.05, 3.63) is 35.9 Å². The van der Waals surface area contributed by atoms with Gasteiger partial charge in [-0.1, -0.05) is 30.3 Å². The number of alkyl halides is 3. The highest BCUT2D eigenvalue weighted by Gasteiger charge is 2.34. The van der Waals surface area contributed by atoms with Crippen LogP contribution < -0.4 is 0 Å². The zero-order chi connectivity index (χ0) is 14.6. The van der Waals surface area contributed by atoms with Gasteiger partial charge in [0.05, 0.1) is 0 Å². The van der Waals surface area contributed by atoms with Crippen molar-refractivity contribution >= 4 is 17.7 Å². The summed E-state index contributed by atoms with van der Waals surface area (Å²) in [5, 5.41) is 0.250. The first kappa shape index (κ1) is 15.2. The SMILES string of the molecule is O=C(CC(F)(F)F)N1CCS[C@H](c2ccccc2)CC1. The molecule has 0 aromatic heterocycles. The van der Waals surface area contributed by atoms with Gasteiger partial charge in [0.25, 0.3) is 0 Å². The summed E-state index contributed by atoms with van der Waals surface area (Å²) < 4.78 is 36.8. The van der Waals surface area contributed by atoms with E-state index in [4.69, 9.17) is 0 Å². The number of halogens is 3. The lowest BCUT2D eigenvalue weighted by molar-refractivity contribution is -0.161. The molecular weight excluding hydrogens is 287 g/mol. The predicted molar refractivity (Wildman–Crippen MR) is 73.5 cm³/mol. The maximum absolute atomic E-state index is 12.3. The minimum absolute atomic E-state index is 0.250. The second kappa shape index (κ2) is 6.52. The number of benzene rings is 1. The summed E-state index contributed by atoms with van der Waals surface area (Å²) in [7, 11) is 0. The Morgan fingerprint density at radius 1 is 1.25 bits per heavy atom. The molecule has 1 heterocycles. The van der Waals surface area contributed by atoms with Gasteiger partial charge in [-0.3, -0.25) is 4.79 Å². The van der Waals surface area contributed by atoms with Gasteiger partial charge in [-0.05, 0) is 12.0 Å². The Balaban J connectivity index is 1.94. The Kier molecular flexibility index (Phi) is 4.96. The zero-order valence-electron chi connectivity index (χ0n) is 10.9. The van der Waals surface area contributed by atoms with Gasteiger partial charge in [0.1, 0.15) is 6.42 Å². The zero-order valence-corrected chi connectivity index (χ0v) is 11.7. The van der Waals surface area contributed by atoms with E-state index < -0.39 is 18.5 Å². The molecule has 0 spiro atoms. The van der Waals surface area contributed by atoms with Crippen LogP contribution in [-0.2, 0) is 4.79 Å². The van der Waals surface area contributed by atoms with Crippen molar-refractivity contribution in [1.29, 1.82) is 0 Å². The lowest BCUT2D eigenvalue weighted by Gasteiger charge is -2.21. The molecule has 1 atom stereocenters. The lowest BCUT2D eigenvalue weighted by Crippen LogP contribution is -2.35. The number of carbonyl (C=O) groups is 1. The van der Waals surface area contributed by atoms with Crippen LogP contribution in [0, 0.1) is 0 Å². The first-order valence-corrected chi connectivity index (χ1v) is 7.51. The van der Waals surface area contributed by atoms with Crippen molar-refractivity contribution in [2.75, 3.05) is 18.8 Å². The fraction of sp³-hybridized carbons (Fsp3) is 0.500. The topological polar surface area (TPSA) is 20.3 Å². The molecule has 0 aliphatic carbocycles. The first-order valence-electron chi connectivity index (χ1n) is 6.47. The Labute approximate surface area is 120 Å². The van der Waals surface area contributed by atoms with Gasteiger partial charge in [-0.15, -0.1) is 0 Å². The summed E-state index contributed by atoms with van der Waals surface area (Å²) in [5.74, 6) is -0.143. The average molecular weight is 303 g/mol. The van der Waals surface area contributed by atoms with Crippen LogP contribution >= 0.6 is 11.8 Å². The van der Waals surface area contributed by atoms with Gasteiger partial charge >= 0.3 is 6.18 Å².